The molecule has 8 heteroatoms. The molecular weight excluding hydrogens is 328 g/mol. The molecule has 0 radical (unpaired) electrons. The molecule has 0 saturated carbocycles. The number of piperazine rings is 1. The molecule has 0 bridgehead atoms. The average molecular weight is 352 g/mol. The number of nitrogens with one attached hydrogen (secondary N) is 1. The highest BCUT2D eigenvalue weighted by Gasteiger charge is 2.27. The van der Waals surface area contributed by atoms with Gasteiger partial charge >= 0.3 is 0 Å². The lowest BCUT2D eigenvalue weighted by atomic mass is 10.2. The van der Waals surface area contributed by atoms with E-state index in [1.54, 1.807) is 12.1 Å². The summed E-state index contributed by atoms with van der Waals surface area (Å²) >= 11 is 0. The number of hydrogen-bond donors (Lipinski definition) is 1. The minimum atomic E-state index is -3.43. The van der Waals surface area contributed by atoms with Crippen LogP contribution in [0.2, 0.25) is 0 Å². The first kappa shape index (κ1) is 17.3. The molecule has 1 aromatic carbocycles. The molecule has 24 heavy (non-hydrogen) atoms. The summed E-state index contributed by atoms with van der Waals surface area (Å²) in [6.45, 7) is 4.54. The Morgan fingerprint density at radius 2 is 1.54 bits per heavy atom. The number of likely N-dealkylation sites (N-methyl/N-ethyl adjacent to an activating group) is 1. The van der Waals surface area contributed by atoms with Crippen molar-refractivity contribution in [1.82, 2.24) is 19.6 Å². The first-order valence-corrected chi connectivity index (χ1v) is 9.75. The monoisotopic (exact) mass is 352 g/mol. The Kier molecular flexibility index (Phi) is 5.19. The predicted octanol–water partition coefficient (Wildman–Crippen LogP) is 0.363. The molecule has 7 nitrogen and oxygen atoms in total. The molecule has 0 aliphatic carbocycles. The van der Waals surface area contributed by atoms with E-state index < -0.39 is 10.0 Å². The van der Waals surface area contributed by atoms with E-state index in [-0.39, 0.29) is 10.8 Å². The van der Waals surface area contributed by atoms with Crippen LogP contribution in [0.3, 0.4) is 0 Å². The van der Waals surface area contributed by atoms with Crippen molar-refractivity contribution in [2.24, 2.45) is 0 Å². The van der Waals surface area contributed by atoms with Gasteiger partial charge in [0.05, 0.1) is 4.90 Å². The molecule has 1 aromatic rings. The van der Waals surface area contributed by atoms with Crippen LogP contribution in [0.1, 0.15) is 23.2 Å². The summed E-state index contributed by atoms with van der Waals surface area (Å²) in [5.74, 6) is -0.204. The molecule has 2 aliphatic heterocycles. The Morgan fingerprint density at radius 3 is 2.12 bits per heavy atom. The number of benzene rings is 1. The van der Waals surface area contributed by atoms with Gasteiger partial charge in [-0.2, -0.15) is 4.31 Å². The Labute approximate surface area is 143 Å². The third kappa shape index (κ3) is 3.77. The molecule has 132 valence electrons. The first-order valence-electron chi connectivity index (χ1n) is 8.31. The second kappa shape index (κ2) is 7.18. The molecule has 1 amide bonds. The number of rotatable bonds is 4. The number of hydrazine groups is 1. The van der Waals surface area contributed by atoms with E-state index in [9.17, 15) is 13.2 Å². The van der Waals surface area contributed by atoms with Crippen LogP contribution in [0.25, 0.3) is 0 Å². The van der Waals surface area contributed by atoms with Gasteiger partial charge in [0, 0.05) is 44.8 Å². The molecule has 2 aliphatic rings. The van der Waals surface area contributed by atoms with Crippen molar-refractivity contribution in [3.8, 4) is 0 Å². The van der Waals surface area contributed by atoms with Gasteiger partial charge < -0.3 is 4.90 Å². The van der Waals surface area contributed by atoms with Crippen molar-refractivity contribution in [2.75, 3.05) is 46.3 Å². The first-order chi connectivity index (χ1) is 11.5. The molecule has 3 rings (SSSR count). The van der Waals surface area contributed by atoms with Gasteiger partial charge in [0.2, 0.25) is 10.0 Å². The largest absolute Gasteiger partial charge is 0.304 e. The summed E-state index contributed by atoms with van der Waals surface area (Å²) in [6.07, 6.45) is 1.81. The number of sulfonamides is 1. The SMILES string of the molecule is CN1CCN(NC(=O)c2ccc(S(=O)(=O)N3CCCC3)cc2)CC1. The van der Waals surface area contributed by atoms with Gasteiger partial charge in [-0.1, -0.05) is 0 Å². The van der Waals surface area contributed by atoms with Crippen LogP contribution in [0.5, 0.6) is 0 Å². The molecule has 0 aromatic heterocycles. The Balaban J connectivity index is 1.64. The summed E-state index contributed by atoms with van der Waals surface area (Å²) < 4.78 is 26.5. The van der Waals surface area contributed by atoms with Crippen LogP contribution < -0.4 is 5.43 Å². The molecule has 2 heterocycles. The molecule has 2 saturated heterocycles. The zero-order chi connectivity index (χ0) is 17.2. The van der Waals surface area contributed by atoms with Crippen molar-refractivity contribution in [3.05, 3.63) is 29.8 Å². The summed E-state index contributed by atoms with van der Waals surface area (Å²) in [4.78, 5) is 14.7. The topological polar surface area (TPSA) is 73.0 Å². The van der Waals surface area contributed by atoms with E-state index in [2.05, 4.69) is 17.4 Å². The van der Waals surface area contributed by atoms with Crippen LogP contribution in [-0.2, 0) is 10.0 Å². The molecule has 0 atom stereocenters. The average Bonchev–Trinajstić information content (AvgIpc) is 3.12. The maximum absolute atomic E-state index is 12.5. The second-order valence-electron chi connectivity index (χ2n) is 6.37. The van der Waals surface area contributed by atoms with E-state index in [1.165, 1.54) is 16.4 Å². The van der Waals surface area contributed by atoms with E-state index >= 15 is 0 Å². The third-order valence-electron chi connectivity index (χ3n) is 4.58. The lowest BCUT2D eigenvalue weighted by Crippen LogP contribution is -2.52. The quantitative estimate of drug-likeness (QED) is 0.847. The fourth-order valence-electron chi connectivity index (χ4n) is 2.98. The zero-order valence-electron chi connectivity index (χ0n) is 13.9. The lowest BCUT2D eigenvalue weighted by molar-refractivity contribution is 0.0662. The van der Waals surface area contributed by atoms with Crippen LogP contribution in [0.4, 0.5) is 0 Å². The molecule has 2 fully saturated rings. The minimum absolute atomic E-state index is 0.204. The zero-order valence-corrected chi connectivity index (χ0v) is 14.8. The summed E-state index contributed by atoms with van der Waals surface area (Å²) in [7, 11) is -1.37. The number of carbonyl (C=O) groups excluding carboxylic acids is 1. The summed E-state index contributed by atoms with van der Waals surface area (Å²) in [5.41, 5.74) is 3.34. The Bertz CT molecular complexity index is 676. The van der Waals surface area contributed by atoms with Gasteiger partial charge in [-0.05, 0) is 44.2 Å². The van der Waals surface area contributed by atoms with Gasteiger partial charge in [0.25, 0.3) is 5.91 Å². The summed E-state index contributed by atoms with van der Waals surface area (Å²) in [5, 5.41) is 1.90. The van der Waals surface area contributed by atoms with Crippen molar-refractivity contribution in [2.45, 2.75) is 17.7 Å². The smallest absolute Gasteiger partial charge is 0.265 e. The maximum Gasteiger partial charge on any atom is 0.265 e. The third-order valence-corrected chi connectivity index (χ3v) is 6.50. The fraction of sp³-hybridized carbons (Fsp3) is 0.562. The molecule has 1 N–H and O–H groups in total. The number of carbonyl (C=O) groups is 1. The summed E-state index contributed by atoms with van der Waals surface area (Å²) in [6, 6.07) is 6.20. The number of nitrogens with zero attached hydrogens (tertiary/aromatic N) is 3. The molecular formula is C16H24N4O3S. The van der Waals surface area contributed by atoms with Gasteiger partial charge in [0.15, 0.2) is 0 Å². The van der Waals surface area contributed by atoms with Crippen LogP contribution in [0, 0.1) is 0 Å². The van der Waals surface area contributed by atoms with Crippen LogP contribution in [-0.4, -0.2) is 74.9 Å². The van der Waals surface area contributed by atoms with Crippen LogP contribution >= 0.6 is 0 Å². The van der Waals surface area contributed by atoms with Gasteiger partial charge in [0.1, 0.15) is 0 Å². The Hall–Kier alpha value is -1.48. The van der Waals surface area contributed by atoms with E-state index in [0.29, 0.717) is 18.7 Å². The fourth-order valence-corrected chi connectivity index (χ4v) is 4.50. The van der Waals surface area contributed by atoms with Crippen molar-refractivity contribution in [3.63, 3.8) is 0 Å². The second-order valence-corrected chi connectivity index (χ2v) is 8.30. The highest BCUT2D eigenvalue weighted by molar-refractivity contribution is 7.89. The van der Waals surface area contributed by atoms with Crippen LogP contribution in [0.15, 0.2) is 29.2 Å². The maximum atomic E-state index is 12.5. The minimum Gasteiger partial charge on any atom is -0.304 e. The Morgan fingerprint density at radius 1 is 0.958 bits per heavy atom. The molecule has 0 spiro atoms. The van der Waals surface area contributed by atoms with Crippen molar-refractivity contribution >= 4 is 15.9 Å². The number of hydrogen-bond acceptors (Lipinski definition) is 5. The van der Waals surface area contributed by atoms with Crippen molar-refractivity contribution < 1.29 is 13.2 Å². The lowest BCUT2D eigenvalue weighted by Gasteiger charge is -2.32. The van der Waals surface area contributed by atoms with Gasteiger partial charge in [-0.3, -0.25) is 10.2 Å². The molecule has 0 unspecified atom stereocenters. The normalized spacial score (nSPS) is 21.0. The van der Waals surface area contributed by atoms with E-state index in [1.807, 2.05) is 5.01 Å². The number of amides is 1. The van der Waals surface area contributed by atoms with E-state index in [0.717, 1.165) is 39.0 Å². The predicted molar refractivity (Wildman–Crippen MR) is 91.0 cm³/mol. The highest BCUT2D eigenvalue weighted by atomic mass is 32.2. The highest BCUT2D eigenvalue weighted by Crippen LogP contribution is 2.21. The van der Waals surface area contributed by atoms with Crippen molar-refractivity contribution in [1.29, 1.82) is 0 Å². The van der Waals surface area contributed by atoms with Gasteiger partial charge in [-0.15, -0.1) is 0 Å². The van der Waals surface area contributed by atoms with Gasteiger partial charge in [-0.25, -0.2) is 13.4 Å². The standard InChI is InChI=1S/C16H24N4O3S/c1-18-10-12-19(13-11-18)17-16(21)14-4-6-15(7-5-14)24(22,23)20-8-2-3-9-20/h4-7H,2-3,8-13H2,1H3,(H,17,21). The van der Waals surface area contributed by atoms with E-state index in [4.69, 9.17) is 0 Å².